The van der Waals surface area contributed by atoms with Gasteiger partial charge in [0.05, 0.1) is 17.9 Å². The number of ketones is 1. The van der Waals surface area contributed by atoms with Crippen molar-refractivity contribution >= 4 is 5.78 Å². The average Bonchev–Trinajstić information content (AvgIpc) is 2.86. The smallest absolute Gasteiger partial charge is 0.171 e. The molecule has 2 N–H and O–H groups in total. The van der Waals surface area contributed by atoms with Crippen LogP contribution in [0.1, 0.15) is 46.0 Å². The first kappa shape index (κ1) is 13.7. The third kappa shape index (κ3) is 1.62. The van der Waals surface area contributed by atoms with Crippen LogP contribution in [0.15, 0.2) is 22.8 Å². The van der Waals surface area contributed by atoms with Crippen LogP contribution in [0.5, 0.6) is 0 Å². The second-order valence-corrected chi connectivity index (χ2v) is 6.54. The van der Waals surface area contributed by atoms with Crippen LogP contribution < -0.4 is 0 Å². The van der Waals surface area contributed by atoms with Gasteiger partial charge in [0.15, 0.2) is 5.78 Å². The summed E-state index contributed by atoms with van der Waals surface area (Å²) in [5.74, 6) is 0.699. The van der Waals surface area contributed by atoms with Crippen molar-refractivity contribution < 1.29 is 19.4 Å². The lowest BCUT2D eigenvalue weighted by Crippen LogP contribution is -2.41. The summed E-state index contributed by atoms with van der Waals surface area (Å²) in [6, 6.07) is 3.75. The number of carbonyl (C=O) groups excluding carboxylic acids is 1. The molecular formula is C18H18O4. The molecule has 4 heteroatoms. The highest BCUT2D eigenvalue weighted by molar-refractivity contribution is 6.07. The SMILES string of the molecule is Cc1coc2c1C(=O)Cc1c-2ccc2c1CCC(O)C2(C)O. The van der Waals surface area contributed by atoms with Gasteiger partial charge < -0.3 is 14.6 Å². The van der Waals surface area contributed by atoms with Crippen molar-refractivity contribution in [1.82, 2.24) is 0 Å². The van der Waals surface area contributed by atoms with Crippen LogP contribution in [0, 0.1) is 6.92 Å². The summed E-state index contributed by atoms with van der Waals surface area (Å²) in [6.45, 7) is 3.51. The first-order chi connectivity index (χ1) is 10.4. The molecule has 0 radical (unpaired) electrons. The monoisotopic (exact) mass is 298 g/mol. The molecular weight excluding hydrogens is 280 g/mol. The first-order valence-corrected chi connectivity index (χ1v) is 7.58. The molecule has 0 saturated carbocycles. The Morgan fingerprint density at radius 1 is 1.32 bits per heavy atom. The molecule has 4 nitrogen and oxygen atoms in total. The van der Waals surface area contributed by atoms with E-state index in [9.17, 15) is 15.0 Å². The fourth-order valence-electron chi connectivity index (χ4n) is 3.85. The maximum absolute atomic E-state index is 12.5. The van der Waals surface area contributed by atoms with Crippen LogP contribution in [0.25, 0.3) is 11.3 Å². The average molecular weight is 298 g/mol. The van der Waals surface area contributed by atoms with Gasteiger partial charge in [-0.25, -0.2) is 0 Å². The molecule has 1 heterocycles. The van der Waals surface area contributed by atoms with Crippen LogP contribution >= 0.6 is 0 Å². The number of rotatable bonds is 0. The molecule has 0 amide bonds. The number of fused-ring (bicyclic) bond motifs is 5. The summed E-state index contributed by atoms with van der Waals surface area (Å²) < 4.78 is 5.62. The molecule has 0 bridgehead atoms. The predicted octanol–water partition coefficient (Wildman–Crippen LogP) is 2.51. The third-order valence-corrected chi connectivity index (χ3v) is 5.13. The van der Waals surface area contributed by atoms with Crippen molar-refractivity contribution in [2.24, 2.45) is 0 Å². The number of aliphatic hydroxyl groups excluding tert-OH is 1. The van der Waals surface area contributed by atoms with Gasteiger partial charge in [-0.05, 0) is 48.9 Å². The van der Waals surface area contributed by atoms with E-state index in [1.54, 1.807) is 13.2 Å². The highest BCUT2D eigenvalue weighted by Gasteiger charge is 2.40. The number of hydrogen-bond donors (Lipinski definition) is 2. The van der Waals surface area contributed by atoms with E-state index in [1.165, 1.54) is 0 Å². The largest absolute Gasteiger partial charge is 0.463 e. The summed E-state index contributed by atoms with van der Waals surface area (Å²) in [5.41, 5.74) is 3.86. The zero-order valence-electron chi connectivity index (χ0n) is 12.6. The molecule has 2 atom stereocenters. The lowest BCUT2D eigenvalue weighted by atomic mass is 9.73. The number of carbonyl (C=O) groups is 1. The molecule has 2 aromatic rings. The lowest BCUT2D eigenvalue weighted by Gasteiger charge is -2.37. The van der Waals surface area contributed by atoms with Gasteiger partial charge in [-0.1, -0.05) is 12.1 Å². The number of benzene rings is 1. The van der Waals surface area contributed by atoms with E-state index in [2.05, 4.69) is 0 Å². The minimum absolute atomic E-state index is 0.0629. The molecule has 2 aliphatic carbocycles. The highest BCUT2D eigenvalue weighted by atomic mass is 16.3. The molecule has 2 aliphatic rings. The second-order valence-electron chi connectivity index (χ2n) is 6.54. The van der Waals surface area contributed by atoms with Crippen molar-refractivity contribution in [2.75, 3.05) is 0 Å². The minimum atomic E-state index is -1.27. The van der Waals surface area contributed by atoms with E-state index in [1.807, 2.05) is 19.1 Å². The lowest BCUT2D eigenvalue weighted by molar-refractivity contribution is -0.0766. The Morgan fingerprint density at radius 3 is 2.86 bits per heavy atom. The summed E-state index contributed by atoms with van der Waals surface area (Å²) in [5, 5.41) is 20.7. The van der Waals surface area contributed by atoms with Crippen LogP contribution in [0.3, 0.4) is 0 Å². The summed E-state index contributed by atoms with van der Waals surface area (Å²) >= 11 is 0. The van der Waals surface area contributed by atoms with E-state index < -0.39 is 11.7 Å². The molecule has 0 fully saturated rings. The number of aliphatic hydroxyl groups is 2. The van der Waals surface area contributed by atoms with E-state index >= 15 is 0 Å². The Morgan fingerprint density at radius 2 is 2.09 bits per heavy atom. The van der Waals surface area contributed by atoms with Crippen LogP contribution in [-0.4, -0.2) is 22.1 Å². The topological polar surface area (TPSA) is 70.7 Å². The third-order valence-electron chi connectivity index (χ3n) is 5.13. The molecule has 0 aliphatic heterocycles. The van der Waals surface area contributed by atoms with Crippen molar-refractivity contribution in [3.63, 3.8) is 0 Å². The van der Waals surface area contributed by atoms with Gasteiger partial charge in [-0.3, -0.25) is 4.79 Å². The van der Waals surface area contributed by atoms with E-state index in [4.69, 9.17) is 4.42 Å². The number of Topliss-reactive ketones (excluding diaryl/α,β-unsaturated/α-hetero) is 1. The Balaban J connectivity index is 1.98. The molecule has 1 aromatic heterocycles. The van der Waals surface area contributed by atoms with Gasteiger partial charge in [0.2, 0.25) is 0 Å². The summed E-state index contributed by atoms with van der Waals surface area (Å²) in [4.78, 5) is 12.5. The molecule has 0 spiro atoms. The molecule has 2 unspecified atom stereocenters. The van der Waals surface area contributed by atoms with Gasteiger partial charge in [0.1, 0.15) is 11.4 Å². The van der Waals surface area contributed by atoms with Crippen molar-refractivity contribution in [1.29, 1.82) is 0 Å². The Labute approximate surface area is 128 Å². The second kappa shape index (κ2) is 4.31. The zero-order chi connectivity index (χ0) is 15.6. The van der Waals surface area contributed by atoms with E-state index in [0.29, 0.717) is 30.6 Å². The molecule has 4 rings (SSSR count). The van der Waals surface area contributed by atoms with Gasteiger partial charge in [0.25, 0.3) is 0 Å². The van der Waals surface area contributed by atoms with Gasteiger partial charge in [-0.2, -0.15) is 0 Å². The normalized spacial score (nSPS) is 26.4. The first-order valence-electron chi connectivity index (χ1n) is 7.58. The van der Waals surface area contributed by atoms with Gasteiger partial charge >= 0.3 is 0 Å². The molecule has 0 saturated heterocycles. The zero-order valence-corrected chi connectivity index (χ0v) is 12.6. The van der Waals surface area contributed by atoms with Crippen molar-refractivity contribution in [2.45, 2.75) is 44.8 Å². The van der Waals surface area contributed by atoms with Gasteiger partial charge in [0, 0.05) is 12.0 Å². The highest BCUT2D eigenvalue weighted by Crippen LogP contribution is 2.44. The molecule has 114 valence electrons. The number of furan rings is 1. The quantitative estimate of drug-likeness (QED) is 0.784. The van der Waals surface area contributed by atoms with Crippen LogP contribution in [0.2, 0.25) is 0 Å². The Hall–Kier alpha value is -1.91. The maximum atomic E-state index is 12.5. The molecule has 1 aromatic carbocycles. The predicted molar refractivity (Wildman–Crippen MR) is 80.8 cm³/mol. The number of hydrogen-bond acceptors (Lipinski definition) is 4. The fraction of sp³-hybridized carbons (Fsp3) is 0.389. The Bertz CT molecular complexity index is 798. The van der Waals surface area contributed by atoms with Gasteiger partial charge in [-0.15, -0.1) is 0 Å². The van der Waals surface area contributed by atoms with Crippen molar-refractivity contribution in [3.8, 4) is 11.3 Å². The van der Waals surface area contributed by atoms with Crippen molar-refractivity contribution in [3.05, 3.63) is 46.2 Å². The minimum Gasteiger partial charge on any atom is -0.463 e. The maximum Gasteiger partial charge on any atom is 0.171 e. The van der Waals surface area contributed by atoms with E-state index in [-0.39, 0.29) is 5.78 Å². The fourth-order valence-corrected chi connectivity index (χ4v) is 3.85. The number of aryl methyl sites for hydroxylation is 1. The summed E-state index contributed by atoms with van der Waals surface area (Å²) in [7, 11) is 0. The molecule has 22 heavy (non-hydrogen) atoms. The van der Waals surface area contributed by atoms with Crippen LogP contribution in [-0.2, 0) is 18.4 Å². The Kier molecular flexibility index (Phi) is 2.69. The van der Waals surface area contributed by atoms with Crippen LogP contribution in [0.4, 0.5) is 0 Å². The summed E-state index contributed by atoms with van der Waals surface area (Å²) in [6.07, 6.45) is 2.33. The van der Waals surface area contributed by atoms with E-state index in [0.717, 1.165) is 27.8 Å². The standard InChI is InChI=1S/C18H18O4/c1-9-8-22-17-11-3-5-13-10(4-6-15(20)18(13,2)21)12(11)7-14(19)16(9)17/h3,5,8,15,20-21H,4,6-7H2,1-2H3.